The minimum absolute atomic E-state index is 0.174. The monoisotopic (exact) mass is 412 g/mol. The van der Waals surface area contributed by atoms with E-state index < -0.39 is 17.1 Å². The Morgan fingerprint density at radius 1 is 1.29 bits per heavy atom. The van der Waals surface area contributed by atoms with Crippen molar-refractivity contribution < 1.29 is 5.11 Å². The molecule has 2 N–H and O–H groups in total. The van der Waals surface area contributed by atoms with E-state index in [2.05, 4.69) is 16.0 Å². The molecule has 28 heavy (non-hydrogen) atoms. The molecule has 0 fully saturated rings. The van der Waals surface area contributed by atoms with Crippen LogP contribution in [0.25, 0.3) is 5.69 Å². The van der Waals surface area contributed by atoms with Gasteiger partial charge in [0.15, 0.2) is 0 Å². The topological polar surface area (TPSA) is 111 Å². The van der Waals surface area contributed by atoms with E-state index in [9.17, 15) is 20.0 Å². The van der Waals surface area contributed by atoms with Crippen LogP contribution in [0.3, 0.4) is 0 Å². The van der Waals surface area contributed by atoms with Crippen molar-refractivity contribution in [3.63, 3.8) is 0 Å². The van der Waals surface area contributed by atoms with Crippen molar-refractivity contribution in [3.8, 4) is 17.6 Å². The quantitative estimate of drug-likeness (QED) is 0.644. The summed E-state index contributed by atoms with van der Waals surface area (Å²) in [5.74, 6) is -0.539. The molecule has 2 aromatic heterocycles. The minimum Gasteiger partial charge on any atom is -0.493 e. The lowest BCUT2D eigenvalue weighted by atomic mass is 10.1. The van der Waals surface area contributed by atoms with Gasteiger partial charge in [-0.05, 0) is 49.1 Å². The molecule has 4 rings (SSSR count). The predicted octanol–water partition coefficient (Wildman–Crippen LogP) is 3.06. The van der Waals surface area contributed by atoms with E-state index in [4.69, 9.17) is 11.6 Å². The molecule has 3 aromatic rings. The molecule has 9 heteroatoms. The average Bonchev–Trinajstić information content (AvgIpc) is 3.23. The fraction of sp³-hybridized carbons (Fsp3) is 0.158. The first-order valence-electron chi connectivity index (χ1n) is 8.42. The Labute approximate surface area is 167 Å². The molecule has 0 radical (unpaired) electrons. The Hall–Kier alpha value is -3.15. The van der Waals surface area contributed by atoms with Gasteiger partial charge in [-0.3, -0.25) is 9.78 Å². The molecule has 0 unspecified atom stereocenters. The van der Waals surface area contributed by atoms with Crippen molar-refractivity contribution in [1.29, 1.82) is 5.26 Å². The summed E-state index contributed by atoms with van der Waals surface area (Å²) in [5.41, 5.74) is 0.145. The molecule has 0 amide bonds. The van der Waals surface area contributed by atoms with Gasteiger partial charge in [-0.15, -0.1) is 11.3 Å². The number of benzene rings is 1. The highest BCUT2D eigenvalue weighted by atomic mass is 35.5. The van der Waals surface area contributed by atoms with E-state index >= 15 is 0 Å². The summed E-state index contributed by atoms with van der Waals surface area (Å²) in [6.07, 6.45) is 3.96. The highest BCUT2D eigenvalue weighted by molar-refractivity contribution is 7.16. The molecule has 0 atom stereocenters. The zero-order valence-electron chi connectivity index (χ0n) is 14.4. The number of nitrogens with zero attached hydrogens (tertiary/aromatic N) is 3. The van der Waals surface area contributed by atoms with Gasteiger partial charge in [0, 0.05) is 16.1 Å². The molecule has 1 aliphatic carbocycles. The number of fused-ring (bicyclic) bond motifs is 1. The molecule has 0 spiro atoms. The smallest absolute Gasteiger partial charge is 0.335 e. The molecule has 140 valence electrons. The summed E-state index contributed by atoms with van der Waals surface area (Å²) >= 11 is 7.27. The zero-order chi connectivity index (χ0) is 19.8. The Balaban J connectivity index is 1.81. The Kier molecular flexibility index (Phi) is 4.63. The number of aryl methyl sites for hydroxylation is 1. The second-order valence-corrected chi connectivity index (χ2v) is 7.74. The third-order valence-corrected chi connectivity index (χ3v) is 5.98. The largest absolute Gasteiger partial charge is 0.493 e. The van der Waals surface area contributed by atoms with Crippen LogP contribution in [0.15, 0.2) is 38.8 Å². The molecule has 0 aliphatic heterocycles. The minimum atomic E-state index is -0.783. The molecule has 2 heterocycles. The van der Waals surface area contributed by atoms with E-state index in [1.807, 2.05) is 0 Å². The van der Waals surface area contributed by atoms with Crippen molar-refractivity contribution in [2.75, 3.05) is 0 Å². The number of aliphatic imine (C=N–C) groups is 1. The highest BCUT2D eigenvalue weighted by Gasteiger charge is 2.22. The number of hydrogen-bond donors (Lipinski definition) is 2. The van der Waals surface area contributed by atoms with Crippen molar-refractivity contribution in [1.82, 2.24) is 9.55 Å². The molecule has 0 saturated heterocycles. The van der Waals surface area contributed by atoms with Gasteiger partial charge in [0.05, 0.1) is 11.3 Å². The Bertz CT molecular complexity index is 1260. The van der Waals surface area contributed by atoms with Gasteiger partial charge in [-0.2, -0.15) is 5.26 Å². The van der Waals surface area contributed by atoms with Crippen LogP contribution in [0.4, 0.5) is 5.00 Å². The maximum absolute atomic E-state index is 12.2. The average molecular weight is 413 g/mol. The summed E-state index contributed by atoms with van der Waals surface area (Å²) in [4.78, 5) is 32.0. The number of halogens is 1. The van der Waals surface area contributed by atoms with E-state index in [-0.39, 0.29) is 5.56 Å². The molecular formula is C19H13ClN4O3S. The lowest BCUT2D eigenvalue weighted by Gasteiger charge is -2.09. The summed E-state index contributed by atoms with van der Waals surface area (Å²) < 4.78 is 0.957. The van der Waals surface area contributed by atoms with Crippen LogP contribution in [0.5, 0.6) is 5.88 Å². The SMILES string of the molecule is N#Cc1c(N=Cc2c(O)n(-c3ccc(Cl)cc3)c(=O)[nH]c2=O)sc2c1CCC2. The summed E-state index contributed by atoms with van der Waals surface area (Å²) in [5, 5.41) is 21.0. The number of aromatic amines is 1. The molecular weight excluding hydrogens is 400 g/mol. The second kappa shape index (κ2) is 7.11. The maximum atomic E-state index is 12.2. The number of thiophene rings is 1. The molecule has 0 saturated carbocycles. The number of rotatable bonds is 3. The first-order valence-corrected chi connectivity index (χ1v) is 9.62. The van der Waals surface area contributed by atoms with Gasteiger partial charge in [0.2, 0.25) is 5.88 Å². The lowest BCUT2D eigenvalue weighted by molar-refractivity contribution is 0.430. The van der Waals surface area contributed by atoms with Crippen LogP contribution >= 0.6 is 22.9 Å². The number of H-pyrrole nitrogens is 1. The zero-order valence-corrected chi connectivity index (χ0v) is 16.0. The summed E-state index contributed by atoms with van der Waals surface area (Å²) in [6.45, 7) is 0. The van der Waals surface area contributed by atoms with E-state index in [1.54, 1.807) is 24.3 Å². The first-order chi connectivity index (χ1) is 13.5. The highest BCUT2D eigenvalue weighted by Crippen LogP contribution is 2.40. The van der Waals surface area contributed by atoms with Crippen molar-refractivity contribution in [3.05, 3.63) is 71.7 Å². The number of nitrogens with one attached hydrogen (secondary N) is 1. The van der Waals surface area contributed by atoms with Crippen LogP contribution < -0.4 is 11.2 Å². The predicted molar refractivity (Wildman–Crippen MR) is 108 cm³/mol. The van der Waals surface area contributed by atoms with Gasteiger partial charge < -0.3 is 5.11 Å². The van der Waals surface area contributed by atoms with Crippen LogP contribution in [0, 0.1) is 11.3 Å². The van der Waals surface area contributed by atoms with E-state index in [0.717, 1.165) is 34.3 Å². The molecule has 1 aliphatic rings. The Morgan fingerprint density at radius 3 is 2.75 bits per heavy atom. The number of aromatic hydroxyl groups is 1. The van der Waals surface area contributed by atoms with Gasteiger partial charge in [-0.1, -0.05) is 11.6 Å². The number of hydrogen-bond acceptors (Lipinski definition) is 6. The fourth-order valence-electron chi connectivity index (χ4n) is 3.20. The summed E-state index contributed by atoms with van der Waals surface area (Å²) in [6, 6.07) is 8.38. The van der Waals surface area contributed by atoms with Crippen molar-refractivity contribution in [2.24, 2.45) is 4.99 Å². The molecule has 1 aromatic carbocycles. The van der Waals surface area contributed by atoms with Crippen LogP contribution in [-0.4, -0.2) is 20.9 Å². The number of aromatic nitrogens is 2. The van der Waals surface area contributed by atoms with Crippen molar-refractivity contribution in [2.45, 2.75) is 19.3 Å². The van der Waals surface area contributed by atoms with Gasteiger partial charge in [0.1, 0.15) is 16.6 Å². The van der Waals surface area contributed by atoms with E-state index in [1.165, 1.54) is 17.6 Å². The third kappa shape index (κ3) is 3.05. The van der Waals surface area contributed by atoms with Crippen LogP contribution in [0.1, 0.15) is 28.0 Å². The van der Waals surface area contributed by atoms with E-state index in [0.29, 0.717) is 21.3 Å². The number of nitriles is 1. The normalized spacial score (nSPS) is 13.0. The molecule has 0 bridgehead atoms. The second-order valence-electron chi connectivity index (χ2n) is 6.22. The van der Waals surface area contributed by atoms with Crippen LogP contribution in [-0.2, 0) is 12.8 Å². The standard InChI is InChI=1S/C19H13ClN4O3S/c20-10-4-6-11(7-5-10)24-18(26)14(16(25)23-19(24)27)9-22-17-13(8-21)12-2-1-3-15(12)28-17/h4-7,9,26H,1-3H2,(H,23,25,27). The van der Waals surface area contributed by atoms with Gasteiger partial charge in [-0.25, -0.2) is 14.4 Å². The lowest BCUT2D eigenvalue weighted by Crippen LogP contribution is -2.31. The third-order valence-electron chi connectivity index (χ3n) is 4.53. The van der Waals surface area contributed by atoms with Crippen molar-refractivity contribution >= 4 is 34.2 Å². The maximum Gasteiger partial charge on any atom is 0.335 e. The summed E-state index contributed by atoms with van der Waals surface area (Å²) in [7, 11) is 0. The van der Waals surface area contributed by atoms with Crippen LogP contribution in [0.2, 0.25) is 5.02 Å². The Morgan fingerprint density at radius 2 is 2.04 bits per heavy atom. The fourth-order valence-corrected chi connectivity index (χ4v) is 4.51. The molecule has 7 nitrogen and oxygen atoms in total. The van der Waals surface area contributed by atoms with Gasteiger partial charge in [0.25, 0.3) is 5.56 Å². The van der Waals surface area contributed by atoms with Gasteiger partial charge >= 0.3 is 5.69 Å². The first kappa shape index (κ1) is 18.2.